The molecule has 14 heavy (non-hydrogen) atoms. The highest BCUT2D eigenvalue weighted by Gasteiger charge is 2.12. The molecule has 66 valence electrons. The summed E-state index contributed by atoms with van der Waals surface area (Å²) in [6.45, 7) is 0. The predicted molar refractivity (Wildman–Crippen MR) is 51.2 cm³/mol. The Morgan fingerprint density at radius 2 is 1.93 bits per heavy atom. The van der Waals surface area contributed by atoms with Crippen molar-refractivity contribution in [3.8, 4) is 12.1 Å². The van der Waals surface area contributed by atoms with E-state index < -0.39 is 5.82 Å². The molecule has 2 nitrogen and oxygen atoms in total. The molecule has 0 saturated heterocycles. The van der Waals surface area contributed by atoms with Crippen LogP contribution < -0.4 is 0 Å². The topological polar surface area (TPSA) is 47.6 Å². The van der Waals surface area contributed by atoms with Crippen molar-refractivity contribution in [3.05, 3.63) is 34.5 Å². The molecule has 0 N–H and O–H groups in total. The second kappa shape index (κ2) is 3.10. The van der Waals surface area contributed by atoms with Crippen molar-refractivity contribution in [1.82, 2.24) is 0 Å². The van der Waals surface area contributed by atoms with Crippen molar-refractivity contribution < 1.29 is 4.39 Å². The minimum atomic E-state index is -0.531. The Bertz CT molecular complexity index is 586. The molecule has 1 aromatic carbocycles. The van der Waals surface area contributed by atoms with Crippen LogP contribution in [0.15, 0.2) is 17.5 Å². The maximum atomic E-state index is 13.5. The lowest BCUT2D eigenvalue weighted by Crippen LogP contribution is -1.86. The minimum absolute atomic E-state index is 0.0727. The molecule has 0 fully saturated rings. The average molecular weight is 202 g/mol. The molecule has 0 aliphatic rings. The summed E-state index contributed by atoms with van der Waals surface area (Å²) in [7, 11) is 0. The number of thiophene rings is 1. The van der Waals surface area contributed by atoms with E-state index in [1.54, 1.807) is 17.5 Å². The van der Waals surface area contributed by atoms with Gasteiger partial charge in [-0.05, 0) is 17.5 Å². The van der Waals surface area contributed by atoms with Gasteiger partial charge < -0.3 is 0 Å². The van der Waals surface area contributed by atoms with Gasteiger partial charge in [-0.15, -0.1) is 11.3 Å². The standard InChI is InChI=1S/C10H3FN2S/c11-9-7(5-13)3-6(4-12)8-1-2-14-10(8)9/h1-3H. The summed E-state index contributed by atoms with van der Waals surface area (Å²) in [5, 5.41) is 19.7. The van der Waals surface area contributed by atoms with Crippen molar-refractivity contribution in [3.63, 3.8) is 0 Å². The van der Waals surface area contributed by atoms with E-state index in [-0.39, 0.29) is 5.56 Å². The first-order valence-electron chi connectivity index (χ1n) is 3.78. The van der Waals surface area contributed by atoms with Gasteiger partial charge in [0, 0.05) is 5.39 Å². The van der Waals surface area contributed by atoms with Crippen LogP contribution in [0.4, 0.5) is 4.39 Å². The molecular formula is C10H3FN2S. The molecule has 0 saturated carbocycles. The first-order valence-corrected chi connectivity index (χ1v) is 4.66. The van der Waals surface area contributed by atoms with Gasteiger partial charge in [0.15, 0.2) is 5.82 Å². The van der Waals surface area contributed by atoms with Crippen molar-refractivity contribution in [2.24, 2.45) is 0 Å². The van der Waals surface area contributed by atoms with Crippen LogP contribution in [0.5, 0.6) is 0 Å². The van der Waals surface area contributed by atoms with E-state index in [1.807, 2.05) is 6.07 Å². The monoisotopic (exact) mass is 202 g/mol. The maximum absolute atomic E-state index is 13.5. The normalized spacial score (nSPS) is 9.64. The molecule has 0 amide bonds. The zero-order valence-corrected chi connectivity index (χ0v) is 7.73. The van der Waals surface area contributed by atoms with Crippen molar-refractivity contribution >= 4 is 21.4 Å². The fraction of sp³-hybridized carbons (Fsp3) is 0. The Kier molecular flexibility index (Phi) is 1.92. The van der Waals surface area contributed by atoms with Crippen LogP contribution in [0.3, 0.4) is 0 Å². The van der Waals surface area contributed by atoms with Gasteiger partial charge in [0.2, 0.25) is 0 Å². The van der Waals surface area contributed by atoms with Gasteiger partial charge in [-0.2, -0.15) is 10.5 Å². The lowest BCUT2D eigenvalue weighted by atomic mass is 10.1. The summed E-state index contributed by atoms with van der Waals surface area (Å²) in [6, 6.07) is 6.64. The number of rotatable bonds is 0. The van der Waals surface area contributed by atoms with E-state index in [1.165, 1.54) is 17.4 Å². The van der Waals surface area contributed by atoms with E-state index >= 15 is 0 Å². The van der Waals surface area contributed by atoms with Crippen molar-refractivity contribution in [1.29, 1.82) is 10.5 Å². The molecule has 0 radical (unpaired) electrons. The molecule has 0 aliphatic heterocycles. The smallest absolute Gasteiger partial charge is 0.158 e. The SMILES string of the molecule is N#Cc1cc(C#N)c2ccsc2c1F. The fourth-order valence-electron chi connectivity index (χ4n) is 1.27. The summed E-state index contributed by atoms with van der Waals surface area (Å²) in [4.78, 5) is 0. The average Bonchev–Trinajstić information content (AvgIpc) is 2.68. The second-order valence-electron chi connectivity index (χ2n) is 2.67. The summed E-state index contributed by atoms with van der Waals surface area (Å²) < 4.78 is 13.9. The first kappa shape index (κ1) is 8.68. The van der Waals surface area contributed by atoms with E-state index in [9.17, 15) is 4.39 Å². The minimum Gasteiger partial charge on any atom is -0.204 e. The van der Waals surface area contributed by atoms with Crippen molar-refractivity contribution in [2.75, 3.05) is 0 Å². The van der Waals surface area contributed by atoms with Crippen LogP contribution >= 0.6 is 11.3 Å². The van der Waals surface area contributed by atoms with Crippen LogP contribution in [-0.4, -0.2) is 0 Å². The molecule has 0 atom stereocenters. The van der Waals surface area contributed by atoms with Crippen molar-refractivity contribution in [2.45, 2.75) is 0 Å². The van der Waals surface area contributed by atoms with Gasteiger partial charge in [-0.3, -0.25) is 0 Å². The second-order valence-corrected chi connectivity index (χ2v) is 3.59. The van der Waals surface area contributed by atoms with Gasteiger partial charge in [-0.25, -0.2) is 4.39 Å². The number of hydrogen-bond acceptors (Lipinski definition) is 3. The summed E-state index contributed by atoms with van der Waals surface area (Å²) in [6.07, 6.45) is 0. The lowest BCUT2D eigenvalue weighted by Gasteiger charge is -1.97. The lowest BCUT2D eigenvalue weighted by molar-refractivity contribution is 0.638. The molecular weight excluding hydrogens is 199 g/mol. The highest BCUT2D eigenvalue weighted by molar-refractivity contribution is 7.17. The maximum Gasteiger partial charge on any atom is 0.158 e. The highest BCUT2D eigenvalue weighted by Crippen LogP contribution is 2.28. The van der Waals surface area contributed by atoms with Gasteiger partial charge >= 0.3 is 0 Å². The van der Waals surface area contributed by atoms with Gasteiger partial charge in [0.25, 0.3) is 0 Å². The molecule has 0 aliphatic carbocycles. The van der Waals surface area contributed by atoms with Crippen LogP contribution in [-0.2, 0) is 0 Å². The first-order chi connectivity index (χ1) is 6.77. The molecule has 1 aromatic heterocycles. The summed E-state index contributed by atoms with van der Waals surface area (Å²) in [5.41, 5.74) is 0.274. The van der Waals surface area contributed by atoms with E-state index in [0.29, 0.717) is 15.6 Å². The quantitative estimate of drug-likeness (QED) is 0.659. The molecule has 0 spiro atoms. The number of hydrogen-bond donors (Lipinski definition) is 0. The zero-order valence-electron chi connectivity index (χ0n) is 6.91. The largest absolute Gasteiger partial charge is 0.204 e. The Balaban J connectivity index is 2.98. The van der Waals surface area contributed by atoms with Crippen LogP contribution in [0.25, 0.3) is 10.1 Å². The Morgan fingerprint density at radius 3 is 2.57 bits per heavy atom. The fourth-order valence-corrected chi connectivity index (χ4v) is 2.13. The number of fused-ring (bicyclic) bond motifs is 1. The van der Waals surface area contributed by atoms with E-state index in [2.05, 4.69) is 0 Å². The van der Waals surface area contributed by atoms with E-state index in [4.69, 9.17) is 10.5 Å². The Morgan fingerprint density at radius 1 is 1.21 bits per heavy atom. The van der Waals surface area contributed by atoms with Crippen LogP contribution in [0.1, 0.15) is 11.1 Å². The van der Waals surface area contributed by atoms with Crippen LogP contribution in [0, 0.1) is 28.5 Å². The molecule has 2 rings (SSSR count). The molecule has 1 heterocycles. The van der Waals surface area contributed by atoms with Gasteiger partial charge in [0.1, 0.15) is 6.07 Å². The molecule has 4 heteroatoms. The zero-order chi connectivity index (χ0) is 10.1. The summed E-state index contributed by atoms with van der Waals surface area (Å²) in [5.74, 6) is -0.531. The Labute approximate surface area is 83.4 Å². The van der Waals surface area contributed by atoms with Gasteiger partial charge in [-0.1, -0.05) is 0 Å². The molecule has 0 bridgehead atoms. The number of nitrogens with zero attached hydrogens (tertiary/aromatic N) is 2. The predicted octanol–water partition coefficient (Wildman–Crippen LogP) is 2.78. The number of halogens is 1. The highest BCUT2D eigenvalue weighted by atomic mass is 32.1. The number of benzene rings is 1. The van der Waals surface area contributed by atoms with Gasteiger partial charge in [0.05, 0.1) is 21.9 Å². The third-order valence-corrected chi connectivity index (χ3v) is 2.83. The third kappa shape index (κ3) is 1.06. The number of nitriles is 2. The third-order valence-electron chi connectivity index (χ3n) is 1.92. The van der Waals surface area contributed by atoms with Crippen LogP contribution in [0.2, 0.25) is 0 Å². The molecule has 2 aromatic rings. The molecule has 0 unspecified atom stereocenters. The summed E-state index contributed by atoms with van der Waals surface area (Å²) >= 11 is 1.20. The Hall–Kier alpha value is -1.91. The van der Waals surface area contributed by atoms with E-state index in [0.717, 1.165) is 0 Å².